The molecule has 4 N–H and O–H groups in total. The Hall–Kier alpha value is -1.92. The van der Waals surface area contributed by atoms with E-state index in [1.807, 2.05) is 38.1 Å². The third kappa shape index (κ3) is 6.10. The highest BCUT2D eigenvalue weighted by atomic mass is 16.2. The first-order chi connectivity index (χ1) is 14.6. The first-order valence-corrected chi connectivity index (χ1v) is 11.9. The van der Waals surface area contributed by atoms with Crippen LogP contribution >= 0.6 is 0 Å². The summed E-state index contributed by atoms with van der Waals surface area (Å²) in [6.45, 7) is 20.8. The Kier molecular flexibility index (Phi) is 7.52. The molecule has 0 aromatic heterocycles. The summed E-state index contributed by atoms with van der Waals surface area (Å²) in [7, 11) is 0. The highest BCUT2D eigenvalue weighted by molar-refractivity contribution is 5.96. The second kappa shape index (κ2) is 9.14. The molecule has 2 saturated heterocycles. The van der Waals surface area contributed by atoms with Gasteiger partial charge in [-0.25, -0.2) is 0 Å². The van der Waals surface area contributed by atoms with E-state index in [0.29, 0.717) is 0 Å². The second-order valence-electron chi connectivity index (χ2n) is 11.5. The maximum absolute atomic E-state index is 12.9. The predicted molar refractivity (Wildman–Crippen MR) is 134 cm³/mol. The lowest BCUT2D eigenvalue weighted by Crippen LogP contribution is -2.47. The van der Waals surface area contributed by atoms with E-state index >= 15 is 0 Å². The summed E-state index contributed by atoms with van der Waals surface area (Å²) in [6, 6.07) is 7.37. The van der Waals surface area contributed by atoms with Gasteiger partial charge in [0.15, 0.2) is 0 Å². The maximum atomic E-state index is 12.9. The zero-order chi connectivity index (χ0) is 24.5. The van der Waals surface area contributed by atoms with Gasteiger partial charge < -0.3 is 21.3 Å². The summed E-state index contributed by atoms with van der Waals surface area (Å²) in [6.07, 6.45) is 1.59. The van der Waals surface area contributed by atoms with Gasteiger partial charge in [-0.05, 0) is 92.5 Å². The molecule has 6 nitrogen and oxygen atoms in total. The van der Waals surface area contributed by atoms with Crippen LogP contribution in [0.2, 0.25) is 0 Å². The van der Waals surface area contributed by atoms with Gasteiger partial charge in [-0.3, -0.25) is 9.59 Å². The summed E-state index contributed by atoms with van der Waals surface area (Å²) in [4.78, 5) is 25.7. The first kappa shape index (κ1) is 26.3. The van der Waals surface area contributed by atoms with E-state index < -0.39 is 0 Å². The minimum Gasteiger partial charge on any atom is -0.326 e. The summed E-state index contributed by atoms with van der Waals surface area (Å²) in [5.74, 6) is -0.161. The number of hydrogen-bond acceptors (Lipinski definition) is 4. The molecule has 1 aromatic rings. The number of rotatable bonds is 4. The Morgan fingerprint density at radius 2 is 0.969 bits per heavy atom. The van der Waals surface area contributed by atoms with Crippen molar-refractivity contribution in [1.82, 2.24) is 10.6 Å². The molecule has 6 heteroatoms. The van der Waals surface area contributed by atoms with Gasteiger partial charge in [-0.1, -0.05) is 13.8 Å². The van der Waals surface area contributed by atoms with Crippen LogP contribution in [0.5, 0.6) is 0 Å². The van der Waals surface area contributed by atoms with Crippen molar-refractivity contribution >= 4 is 23.2 Å². The second-order valence-corrected chi connectivity index (χ2v) is 11.5. The van der Waals surface area contributed by atoms with Crippen LogP contribution in [0.25, 0.3) is 0 Å². The van der Waals surface area contributed by atoms with E-state index in [4.69, 9.17) is 0 Å². The molecule has 2 aliphatic rings. The number of carbonyl (C=O) groups is 2. The normalized spacial score (nSPS) is 26.6. The molecular formula is C26H44N4O2. The highest BCUT2D eigenvalue weighted by Gasteiger charge is 2.48. The molecule has 2 amide bonds. The van der Waals surface area contributed by atoms with Crippen LogP contribution in [0.1, 0.15) is 82.1 Å². The molecule has 32 heavy (non-hydrogen) atoms. The molecule has 0 radical (unpaired) electrons. The van der Waals surface area contributed by atoms with Gasteiger partial charge in [-0.15, -0.1) is 0 Å². The van der Waals surface area contributed by atoms with E-state index in [2.05, 4.69) is 76.7 Å². The van der Waals surface area contributed by atoms with Gasteiger partial charge in [0.2, 0.25) is 11.8 Å². The Morgan fingerprint density at radius 1 is 0.688 bits per heavy atom. The SMILES string of the molecule is CC.CC1(C)CC(C(=O)Nc2ccc(NC(=O)C3CC(C)(C)NC3(C)C)cc2)C(C)(C)N1. The minimum atomic E-state index is -0.253. The molecule has 2 unspecified atom stereocenters. The third-order valence-corrected chi connectivity index (χ3v) is 6.55. The smallest absolute Gasteiger partial charge is 0.229 e. The summed E-state index contributed by atoms with van der Waals surface area (Å²) >= 11 is 0. The Bertz CT molecular complexity index is 756. The van der Waals surface area contributed by atoms with Crippen molar-refractivity contribution < 1.29 is 9.59 Å². The van der Waals surface area contributed by atoms with Crippen LogP contribution in [0.4, 0.5) is 11.4 Å². The standard InChI is InChI=1S/C24H38N4O2.C2H6/c1-21(2)13-17(23(5,6)27-21)19(29)25-15-9-11-16(12-10-15)26-20(30)18-14-22(3,4)28-24(18,7)8;1-2/h9-12,17-18,27-28H,13-14H2,1-8H3,(H,25,29)(H,26,30);1-2H3. The van der Waals surface area contributed by atoms with Gasteiger partial charge in [0.25, 0.3) is 0 Å². The number of nitrogens with one attached hydrogen (secondary N) is 4. The highest BCUT2D eigenvalue weighted by Crippen LogP contribution is 2.37. The van der Waals surface area contributed by atoms with Gasteiger partial charge in [0.1, 0.15) is 0 Å². The lowest BCUT2D eigenvalue weighted by molar-refractivity contribution is -0.122. The minimum absolute atomic E-state index is 0.0240. The molecule has 0 aliphatic carbocycles. The third-order valence-electron chi connectivity index (χ3n) is 6.55. The van der Waals surface area contributed by atoms with E-state index in [9.17, 15) is 9.59 Å². The fourth-order valence-corrected chi connectivity index (χ4v) is 5.49. The molecule has 0 saturated carbocycles. The molecule has 2 aliphatic heterocycles. The van der Waals surface area contributed by atoms with Crippen molar-refractivity contribution in [2.45, 2.75) is 104 Å². The summed E-state index contributed by atoms with van der Waals surface area (Å²) in [5.41, 5.74) is 0.855. The lowest BCUT2D eigenvalue weighted by Gasteiger charge is -2.28. The van der Waals surface area contributed by atoms with E-state index in [0.717, 1.165) is 24.2 Å². The van der Waals surface area contributed by atoms with Crippen LogP contribution in [-0.4, -0.2) is 34.0 Å². The Labute approximate surface area is 194 Å². The zero-order valence-electron chi connectivity index (χ0n) is 21.7. The van der Waals surface area contributed by atoms with Crippen molar-refractivity contribution in [2.75, 3.05) is 10.6 Å². The maximum Gasteiger partial charge on any atom is 0.229 e. The first-order valence-electron chi connectivity index (χ1n) is 11.9. The lowest BCUT2D eigenvalue weighted by atomic mass is 9.86. The number of amides is 2. The van der Waals surface area contributed by atoms with Crippen LogP contribution in [0, 0.1) is 11.8 Å². The van der Waals surface area contributed by atoms with Gasteiger partial charge in [0.05, 0.1) is 11.8 Å². The monoisotopic (exact) mass is 444 g/mol. The van der Waals surface area contributed by atoms with Crippen LogP contribution in [0.15, 0.2) is 24.3 Å². The molecule has 2 fully saturated rings. The Balaban J connectivity index is 0.00000176. The van der Waals surface area contributed by atoms with Crippen molar-refractivity contribution in [2.24, 2.45) is 11.8 Å². The fraction of sp³-hybridized carbons (Fsp3) is 0.692. The molecule has 3 rings (SSSR count). The van der Waals surface area contributed by atoms with Gasteiger partial charge in [-0.2, -0.15) is 0 Å². The fourth-order valence-electron chi connectivity index (χ4n) is 5.49. The molecule has 0 spiro atoms. The number of anilines is 2. The van der Waals surface area contributed by atoms with Crippen molar-refractivity contribution in [3.8, 4) is 0 Å². The van der Waals surface area contributed by atoms with Crippen molar-refractivity contribution in [3.63, 3.8) is 0 Å². The van der Waals surface area contributed by atoms with Gasteiger partial charge in [0, 0.05) is 33.5 Å². The average Bonchev–Trinajstić information content (AvgIpc) is 3.03. The molecule has 1 aromatic carbocycles. The largest absolute Gasteiger partial charge is 0.326 e. The topological polar surface area (TPSA) is 82.3 Å². The molecule has 2 heterocycles. The summed E-state index contributed by atoms with van der Waals surface area (Å²) in [5, 5.41) is 13.2. The van der Waals surface area contributed by atoms with E-state index in [-0.39, 0.29) is 45.8 Å². The molecule has 180 valence electrons. The average molecular weight is 445 g/mol. The predicted octanol–water partition coefficient (Wildman–Crippen LogP) is 4.92. The molecular weight excluding hydrogens is 400 g/mol. The van der Waals surface area contributed by atoms with Gasteiger partial charge >= 0.3 is 0 Å². The van der Waals surface area contributed by atoms with Crippen molar-refractivity contribution in [1.29, 1.82) is 0 Å². The summed E-state index contributed by atoms with van der Waals surface area (Å²) < 4.78 is 0. The number of hydrogen-bond donors (Lipinski definition) is 4. The number of benzene rings is 1. The van der Waals surface area contributed by atoms with Crippen molar-refractivity contribution in [3.05, 3.63) is 24.3 Å². The van der Waals surface area contributed by atoms with Crippen LogP contribution < -0.4 is 21.3 Å². The quantitative estimate of drug-likeness (QED) is 0.531. The zero-order valence-corrected chi connectivity index (χ0v) is 21.7. The van der Waals surface area contributed by atoms with E-state index in [1.54, 1.807) is 0 Å². The molecule has 0 bridgehead atoms. The number of carbonyl (C=O) groups excluding carboxylic acids is 2. The molecule has 2 atom stereocenters. The van der Waals surface area contributed by atoms with E-state index in [1.165, 1.54) is 0 Å². The van der Waals surface area contributed by atoms with Crippen LogP contribution in [-0.2, 0) is 9.59 Å². The Morgan fingerprint density at radius 3 is 1.19 bits per heavy atom. The van der Waals surface area contributed by atoms with Crippen LogP contribution in [0.3, 0.4) is 0 Å².